The third-order valence-electron chi connectivity index (χ3n) is 4.32. The molecule has 0 aliphatic rings. The summed E-state index contributed by atoms with van der Waals surface area (Å²) < 4.78 is 7.30. The summed E-state index contributed by atoms with van der Waals surface area (Å²) in [7, 11) is 0. The predicted octanol–water partition coefficient (Wildman–Crippen LogP) is 2.65. The van der Waals surface area contributed by atoms with Crippen molar-refractivity contribution in [2.24, 2.45) is 27.3 Å². The van der Waals surface area contributed by atoms with E-state index in [9.17, 15) is 10.0 Å². The molecule has 0 aliphatic heterocycles. The standard InChI is InChI=1S/C20H32Br2N6O3/c21-15-11-14(12-16(22)18(15)31-10-6-5-9-27-20(24)25)13-17(28-30)19(29)26-8-4-2-1-3-7-23/h11-12,30H,1-10,13,23H2,(H,26,29)(H4,24,25,27)/b28-17+. The first-order valence-corrected chi connectivity index (χ1v) is 11.8. The first kappa shape index (κ1) is 27.2. The van der Waals surface area contributed by atoms with Crippen LogP contribution in [0, 0.1) is 0 Å². The highest BCUT2D eigenvalue weighted by atomic mass is 79.9. The lowest BCUT2D eigenvalue weighted by Gasteiger charge is -2.13. The molecule has 9 nitrogen and oxygen atoms in total. The zero-order valence-corrected chi connectivity index (χ0v) is 20.8. The van der Waals surface area contributed by atoms with E-state index in [1.807, 2.05) is 12.1 Å². The smallest absolute Gasteiger partial charge is 0.269 e. The van der Waals surface area contributed by atoms with Gasteiger partial charge in [0.05, 0.1) is 15.6 Å². The minimum atomic E-state index is -0.380. The lowest BCUT2D eigenvalue weighted by atomic mass is 10.1. The third kappa shape index (κ3) is 11.4. The molecular weight excluding hydrogens is 532 g/mol. The average molecular weight is 564 g/mol. The van der Waals surface area contributed by atoms with E-state index in [-0.39, 0.29) is 24.0 Å². The molecule has 11 heteroatoms. The van der Waals surface area contributed by atoms with Gasteiger partial charge in [-0.25, -0.2) is 0 Å². The molecule has 0 heterocycles. The molecule has 0 bridgehead atoms. The minimum absolute atomic E-state index is 0.0501. The maximum Gasteiger partial charge on any atom is 0.269 e. The summed E-state index contributed by atoms with van der Waals surface area (Å²) in [6.07, 6.45) is 5.68. The highest BCUT2D eigenvalue weighted by Crippen LogP contribution is 2.35. The molecule has 0 spiro atoms. The lowest BCUT2D eigenvalue weighted by molar-refractivity contribution is -0.115. The molecule has 8 N–H and O–H groups in total. The van der Waals surface area contributed by atoms with Gasteiger partial charge in [-0.15, -0.1) is 0 Å². The molecule has 0 unspecified atom stereocenters. The summed E-state index contributed by atoms with van der Waals surface area (Å²) in [6, 6.07) is 3.68. The molecule has 0 saturated heterocycles. The Hall–Kier alpha value is -1.85. The molecule has 1 rings (SSSR count). The fourth-order valence-corrected chi connectivity index (χ4v) is 4.24. The Morgan fingerprint density at radius 1 is 1.06 bits per heavy atom. The van der Waals surface area contributed by atoms with Crippen molar-refractivity contribution in [1.82, 2.24) is 5.32 Å². The van der Waals surface area contributed by atoms with Gasteiger partial charge in [-0.05, 0) is 81.8 Å². The average Bonchev–Trinajstić information content (AvgIpc) is 2.72. The molecule has 0 atom stereocenters. The van der Waals surface area contributed by atoms with Crippen LogP contribution in [0.3, 0.4) is 0 Å². The van der Waals surface area contributed by atoms with Crippen molar-refractivity contribution >= 4 is 49.4 Å². The fraction of sp³-hybridized carbons (Fsp3) is 0.550. The monoisotopic (exact) mass is 562 g/mol. The third-order valence-corrected chi connectivity index (χ3v) is 5.50. The van der Waals surface area contributed by atoms with Gasteiger partial charge in [0.15, 0.2) is 5.96 Å². The lowest BCUT2D eigenvalue weighted by Crippen LogP contribution is -2.33. The number of hydrogen-bond donors (Lipinski definition) is 5. The second kappa shape index (κ2) is 15.9. The van der Waals surface area contributed by atoms with Crippen molar-refractivity contribution in [1.29, 1.82) is 0 Å². The number of unbranched alkanes of at least 4 members (excludes halogenated alkanes) is 4. The molecule has 1 amide bonds. The Balaban J connectivity index is 2.54. The van der Waals surface area contributed by atoms with E-state index in [1.54, 1.807) is 0 Å². The molecule has 1 aromatic rings. The van der Waals surface area contributed by atoms with Crippen LogP contribution in [-0.2, 0) is 11.2 Å². The van der Waals surface area contributed by atoms with Gasteiger partial charge in [0, 0.05) is 19.5 Å². The second-order valence-corrected chi connectivity index (χ2v) is 8.64. The number of nitrogens with two attached hydrogens (primary N) is 3. The van der Waals surface area contributed by atoms with Crippen LogP contribution in [0.25, 0.3) is 0 Å². The molecule has 0 fully saturated rings. The van der Waals surface area contributed by atoms with Crippen LogP contribution in [-0.4, -0.2) is 49.0 Å². The number of ether oxygens (including phenoxy) is 1. The molecule has 0 aliphatic carbocycles. The number of hydrogen-bond acceptors (Lipinski definition) is 6. The Bertz CT molecular complexity index is 731. The van der Waals surface area contributed by atoms with Crippen LogP contribution in [0.4, 0.5) is 0 Å². The maximum absolute atomic E-state index is 12.3. The molecule has 0 saturated carbocycles. The van der Waals surface area contributed by atoms with Crippen molar-refractivity contribution in [2.45, 2.75) is 44.9 Å². The molecule has 0 aromatic heterocycles. The Morgan fingerprint density at radius 2 is 1.74 bits per heavy atom. The highest BCUT2D eigenvalue weighted by Gasteiger charge is 2.16. The van der Waals surface area contributed by atoms with Gasteiger partial charge in [-0.1, -0.05) is 18.0 Å². The van der Waals surface area contributed by atoms with Crippen LogP contribution in [0.15, 0.2) is 31.2 Å². The number of rotatable bonds is 15. The van der Waals surface area contributed by atoms with E-state index in [2.05, 4.69) is 47.3 Å². The van der Waals surface area contributed by atoms with E-state index < -0.39 is 0 Å². The number of halogens is 2. The number of amides is 1. The van der Waals surface area contributed by atoms with E-state index in [4.69, 9.17) is 21.9 Å². The summed E-state index contributed by atoms with van der Waals surface area (Å²) in [5, 5.41) is 15.3. The van der Waals surface area contributed by atoms with Gasteiger partial charge in [-0.3, -0.25) is 9.79 Å². The van der Waals surface area contributed by atoms with Crippen LogP contribution in [0.1, 0.15) is 44.1 Å². The molecule has 31 heavy (non-hydrogen) atoms. The maximum atomic E-state index is 12.3. The largest absolute Gasteiger partial charge is 0.491 e. The van der Waals surface area contributed by atoms with E-state index in [1.165, 1.54) is 0 Å². The summed E-state index contributed by atoms with van der Waals surface area (Å²) in [5.74, 6) is 0.369. The summed E-state index contributed by atoms with van der Waals surface area (Å²) in [4.78, 5) is 16.2. The normalized spacial score (nSPS) is 11.3. The number of benzene rings is 1. The second-order valence-electron chi connectivity index (χ2n) is 6.93. The summed E-state index contributed by atoms with van der Waals surface area (Å²) >= 11 is 7.00. The Kier molecular flexibility index (Phi) is 13.9. The van der Waals surface area contributed by atoms with Crippen LogP contribution >= 0.6 is 31.9 Å². The van der Waals surface area contributed by atoms with Crippen LogP contribution in [0.2, 0.25) is 0 Å². The molecule has 174 valence electrons. The zero-order chi connectivity index (χ0) is 23.1. The van der Waals surface area contributed by atoms with E-state index >= 15 is 0 Å². The predicted molar refractivity (Wildman–Crippen MR) is 131 cm³/mol. The van der Waals surface area contributed by atoms with Crippen molar-refractivity contribution in [3.63, 3.8) is 0 Å². The summed E-state index contributed by atoms with van der Waals surface area (Å²) in [5.41, 5.74) is 16.9. The van der Waals surface area contributed by atoms with Gasteiger partial charge in [0.25, 0.3) is 5.91 Å². The number of carbonyl (C=O) groups is 1. The van der Waals surface area contributed by atoms with Gasteiger partial charge >= 0.3 is 0 Å². The van der Waals surface area contributed by atoms with Crippen LogP contribution < -0.4 is 27.3 Å². The van der Waals surface area contributed by atoms with Crippen molar-refractivity contribution in [3.05, 3.63) is 26.6 Å². The Morgan fingerprint density at radius 3 is 2.35 bits per heavy atom. The first-order chi connectivity index (χ1) is 14.9. The molecule has 0 radical (unpaired) electrons. The number of guanidine groups is 1. The number of carbonyl (C=O) groups excluding carboxylic acids is 1. The van der Waals surface area contributed by atoms with Gasteiger partial charge in [0.1, 0.15) is 11.5 Å². The minimum Gasteiger partial charge on any atom is -0.491 e. The van der Waals surface area contributed by atoms with Crippen molar-refractivity contribution in [3.8, 4) is 5.75 Å². The number of nitrogens with one attached hydrogen (secondary N) is 1. The van der Waals surface area contributed by atoms with E-state index in [0.29, 0.717) is 32.0 Å². The van der Waals surface area contributed by atoms with Crippen LogP contribution in [0.5, 0.6) is 5.75 Å². The van der Waals surface area contributed by atoms with Gasteiger partial charge in [-0.2, -0.15) is 0 Å². The number of nitrogens with zero attached hydrogens (tertiary/aromatic N) is 2. The highest BCUT2D eigenvalue weighted by molar-refractivity contribution is 9.11. The van der Waals surface area contributed by atoms with Gasteiger partial charge < -0.3 is 32.5 Å². The van der Waals surface area contributed by atoms with Crippen molar-refractivity contribution < 1.29 is 14.7 Å². The SMILES string of the molecule is NCCCCCCNC(=O)/C(Cc1cc(Br)c(OCCCCN=C(N)N)c(Br)c1)=N/O. The van der Waals surface area contributed by atoms with Crippen molar-refractivity contribution in [2.75, 3.05) is 26.2 Å². The first-order valence-electron chi connectivity index (χ1n) is 10.2. The summed E-state index contributed by atoms with van der Waals surface area (Å²) in [6.45, 7) is 2.29. The quantitative estimate of drug-likeness (QED) is 0.0724. The van der Waals surface area contributed by atoms with Gasteiger partial charge in [0.2, 0.25) is 0 Å². The topological polar surface area (TPSA) is 161 Å². The van der Waals surface area contributed by atoms with E-state index in [0.717, 1.165) is 53.0 Å². The number of oxime groups is 1. The zero-order valence-electron chi connectivity index (χ0n) is 17.6. The fourth-order valence-electron chi connectivity index (χ4n) is 2.73. The Labute approximate surface area is 200 Å². The molecule has 1 aromatic carbocycles. The molecular formula is C20H32Br2N6O3. The number of aliphatic imine (C=N–C) groups is 1.